The van der Waals surface area contributed by atoms with Crippen molar-refractivity contribution in [2.45, 2.75) is 32.0 Å². The van der Waals surface area contributed by atoms with Crippen LogP contribution in [0.25, 0.3) is 0 Å². The van der Waals surface area contributed by atoms with E-state index in [4.69, 9.17) is 0 Å². The Labute approximate surface area is 70.5 Å². The molecule has 0 aliphatic carbocycles. The Bertz CT molecular complexity index is 155. The number of hydrogen-bond acceptors (Lipinski definition) is 1. The van der Waals surface area contributed by atoms with E-state index in [-0.39, 0.29) is 12.5 Å². The molecule has 1 heterocycles. The van der Waals surface area contributed by atoms with Crippen molar-refractivity contribution in [3.63, 3.8) is 0 Å². The van der Waals surface area contributed by atoms with Crippen LogP contribution in [0.3, 0.4) is 0 Å². The molecule has 0 aromatic rings. The van der Waals surface area contributed by atoms with Gasteiger partial charge >= 0.3 is 6.18 Å². The minimum absolute atomic E-state index is 0.287. The molecule has 0 amide bonds. The van der Waals surface area contributed by atoms with Crippen molar-refractivity contribution in [2.75, 3.05) is 13.6 Å². The molecular formula is C8H14F3N. The summed E-state index contributed by atoms with van der Waals surface area (Å²) >= 11 is 0. The number of piperidine rings is 1. The Hall–Kier alpha value is -0.250. The molecule has 0 bridgehead atoms. The highest BCUT2D eigenvalue weighted by molar-refractivity contribution is 4.83. The molecule has 0 radical (unpaired) electrons. The van der Waals surface area contributed by atoms with Gasteiger partial charge in [-0.3, -0.25) is 0 Å². The standard InChI is InChI=1S/C8H14F3N/c1-6-7(8(9,10)11)4-3-5-12(6)2/h6-7H,3-5H2,1-2H3. The Kier molecular flexibility index (Phi) is 2.66. The summed E-state index contributed by atoms with van der Waals surface area (Å²) in [4.78, 5) is 1.78. The first-order valence-corrected chi connectivity index (χ1v) is 4.20. The van der Waals surface area contributed by atoms with Crippen LogP contribution in [0.2, 0.25) is 0 Å². The van der Waals surface area contributed by atoms with Gasteiger partial charge in [-0.05, 0) is 33.4 Å². The average Bonchev–Trinajstić information content (AvgIpc) is 1.92. The molecular weight excluding hydrogens is 167 g/mol. The lowest BCUT2D eigenvalue weighted by Crippen LogP contribution is -2.46. The maximum atomic E-state index is 12.3. The SMILES string of the molecule is CC1C(C(F)(F)F)CCCN1C. The van der Waals surface area contributed by atoms with Crippen molar-refractivity contribution in [2.24, 2.45) is 5.92 Å². The molecule has 0 saturated carbocycles. The molecule has 1 aliphatic heterocycles. The van der Waals surface area contributed by atoms with E-state index in [0.29, 0.717) is 6.42 Å². The Morgan fingerprint density at radius 2 is 1.92 bits per heavy atom. The van der Waals surface area contributed by atoms with Gasteiger partial charge in [-0.1, -0.05) is 0 Å². The van der Waals surface area contributed by atoms with E-state index in [1.54, 1.807) is 18.9 Å². The number of nitrogens with zero attached hydrogens (tertiary/aromatic N) is 1. The second-order valence-corrected chi connectivity index (χ2v) is 3.51. The summed E-state index contributed by atoms with van der Waals surface area (Å²) < 4.78 is 37.0. The quantitative estimate of drug-likeness (QED) is 0.554. The molecule has 1 nitrogen and oxygen atoms in total. The van der Waals surface area contributed by atoms with E-state index in [1.165, 1.54) is 0 Å². The number of halogens is 3. The van der Waals surface area contributed by atoms with Gasteiger partial charge in [-0.15, -0.1) is 0 Å². The van der Waals surface area contributed by atoms with E-state index in [9.17, 15) is 13.2 Å². The minimum atomic E-state index is -4.02. The molecule has 2 atom stereocenters. The summed E-state index contributed by atoms with van der Waals surface area (Å²) in [6, 6.07) is -0.362. The van der Waals surface area contributed by atoms with Gasteiger partial charge in [0, 0.05) is 6.04 Å². The van der Waals surface area contributed by atoms with Crippen molar-refractivity contribution < 1.29 is 13.2 Å². The first-order valence-electron chi connectivity index (χ1n) is 4.20. The molecule has 0 aromatic carbocycles. The van der Waals surface area contributed by atoms with Crippen LogP contribution in [0.5, 0.6) is 0 Å². The van der Waals surface area contributed by atoms with E-state index in [1.807, 2.05) is 0 Å². The second kappa shape index (κ2) is 3.24. The van der Waals surface area contributed by atoms with Crippen molar-refractivity contribution in [1.82, 2.24) is 4.90 Å². The molecule has 1 rings (SSSR count). The third-order valence-electron chi connectivity index (χ3n) is 2.72. The van der Waals surface area contributed by atoms with Gasteiger partial charge in [0.2, 0.25) is 0 Å². The molecule has 4 heteroatoms. The lowest BCUT2D eigenvalue weighted by molar-refractivity contribution is -0.197. The molecule has 0 aromatic heterocycles. The molecule has 1 fully saturated rings. The van der Waals surface area contributed by atoms with Gasteiger partial charge in [0.25, 0.3) is 0 Å². The third-order valence-corrected chi connectivity index (χ3v) is 2.72. The van der Waals surface area contributed by atoms with Crippen LogP contribution in [-0.4, -0.2) is 30.7 Å². The second-order valence-electron chi connectivity index (χ2n) is 3.51. The Morgan fingerprint density at radius 1 is 1.33 bits per heavy atom. The first-order chi connectivity index (χ1) is 5.43. The summed E-state index contributed by atoms with van der Waals surface area (Å²) in [5.41, 5.74) is 0. The van der Waals surface area contributed by atoms with Crippen molar-refractivity contribution >= 4 is 0 Å². The van der Waals surface area contributed by atoms with Crippen LogP contribution in [0.1, 0.15) is 19.8 Å². The van der Waals surface area contributed by atoms with Gasteiger partial charge in [-0.25, -0.2) is 0 Å². The predicted octanol–water partition coefficient (Wildman–Crippen LogP) is 2.28. The van der Waals surface area contributed by atoms with Crippen LogP contribution in [0, 0.1) is 5.92 Å². The normalized spacial score (nSPS) is 33.8. The van der Waals surface area contributed by atoms with E-state index in [2.05, 4.69) is 0 Å². The van der Waals surface area contributed by atoms with Crippen molar-refractivity contribution in [3.05, 3.63) is 0 Å². The van der Waals surface area contributed by atoms with Gasteiger partial charge in [-0.2, -0.15) is 13.2 Å². The van der Waals surface area contributed by atoms with Crippen LogP contribution in [-0.2, 0) is 0 Å². The van der Waals surface area contributed by atoms with Crippen molar-refractivity contribution in [3.8, 4) is 0 Å². The summed E-state index contributed by atoms with van der Waals surface area (Å²) in [5.74, 6) is -1.13. The lowest BCUT2D eigenvalue weighted by Gasteiger charge is -2.37. The summed E-state index contributed by atoms with van der Waals surface area (Å²) in [7, 11) is 1.75. The van der Waals surface area contributed by atoms with Crippen LogP contribution in [0.15, 0.2) is 0 Å². The molecule has 1 saturated heterocycles. The van der Waals surface area contributed by atoms with E-state index in [0.717, 1.165) is 6.54 Å². The summed E-state index contributed by atoms with van der Waals surface area (Å²) in [5, 5.41) is 0. The number of hydrogen-bond donors (Lipinski definition) is 0. The zero-order valence-corrected chi connectivity index (χ0v) is 7.36. The molecule has 0 spiro atoms. The zero-order chi connectivity index (χ0) is 9.35. The van der Waals surface area contributed by atoms with E-state index < -0.39 is 12.1 Å². The largest absolute Gasteiger partial charge is 0.393 e. The average molecular weight is 181 g/mol. The van der Waals surface area contributed by atoms with Crippen LogP contribution < -0.4 is 0 Å². The molecule has 2 unspecified atom stereocenters. The zero-order valence-electron chi connectivity index (χ0n) is 7.36. The van der Waals surface area contributed by atoms with Gasteiger partial charge < -0.3 is 4.90 Å². The lowest BCUT2D eigenvalue weighted by atomic mass is 9.90. The maximum Gasteiger partial charge on any atom is 0.393 e. The van der Waals surface area contributed by atoms with Gasteiger partial charge in [0.05, 0.1) is 5.92 Å². The number of rotatable bonds is 0. The minimum Gasteiger partial charge on any atom is -0.303 e. The van der Waals surface area contributed by atoms with E-state index >= 15 is 0 Å². The van der Waals surface area contributed by atoms with Crippen molar-refractivity contribution in [1.29, 1.82) is 0 Å². The molecule has 12 heavy (non-hydrogen) atoms. The fourth-order valence-electron chi connectivity index (χ4n) is 1.75. The Morgan fingerprint density at radius 3 is 2.33 bits per heavy atom. The maximum absolute atomic E-state index is 12.3. The summed E-state index contributed by atoms with van der Waals surface area (Å²) in [6.45, 7) is 2.44. The third kappa shape index (κ3) is 1.91. The monoisotopic (exact) mass is 181 g/mol. The highest BCUT2D eigenvalue weighted by atomic mass is 19.4. The molecule has 1 aliphatic rings. The highest BCUT2D eigenvalue weighted by Crippen LogP contribution is 2.36. The molecule has 72 valence electrons. The fraction of sp³-hybridized carbons (Fsp3) is 1.00. The van der Waals surface area contributed by atoms with Gasteiger partial charge in [0.1, 0.15) is 0 Å². The van der Waals surface area contributed by atoms with Crippen LogP contribution in [0.4, 0.5) is 13.2 Å². The Balaban J connectivity index is 2.64. The first kappa shape index (κ1) is 9.84. The van der Waals surface area contributed by atoms with Crippen LogP contribution >= 0.6 is 0 Å². The topological polar surface area (TPSA) is 3.24 Å². The number of alkyl halides is 3. The number of likely N-dealkylation sites (tertiary alicyclic amines) is 1. The summed E-state index contributed by atoms with van der Waals surface area (Å²) in [6.07, 6.45) is -3.08. The molecule has 0 N–H and O–H groups in total. The smallest absolute Gasteiger partial charge is 0.303 e. The highest BCUT2D eigenvalue weighted by Gasteiger charge is 2.45. The predicted molar refractivity (Wildman–Crippen MR) is 40.9 cm³/mol. The fourth-order valence-corrected chi connectivity index (χ4v) is 1.75. The van der Waals surface area contributed by atoms with Gasteiger partial charge in [0.15, 0.2) is 0 Å².